The fourth-order valence-electron chi connectivity index (χ4n) is 3.37. The van der Waals surface area contributed by atoms with Crippen molar-refractivity contribution in [3.63, 3.8) is 0 Å². The van der Waals surface area contributed by atoms with Crippen LogP contribution in [0.25, 0.3) is 11.1 Å². The van der Waals surface area contributed by atoms with Gasteiger partial charge in [-0.3, -0.25) is 4.28 Å². The van der Waals surface area contributed by atoms with Crippen LogP contribution in [0.3, 0.4) is 0 Å². The van der Waals surface area contributed by atoms with Crippen LogP contribution in [0, 0.1) is 0 Å². The van der Waals surface area contributed by atoms with Gasteiger partial charge in [0.1, 0.15) is 0 Å². The fraction of sp³-hybridized carbons (Fsp3) is 0.409. The van der Waals surface area contributed by atoms with Crippen LogP contribution < -0.4 is 0 Å². The molecule has 1 aliphatic carbocycles. The standard InChI is InChI=1S/C22H27NO3S/c1-3-5-11-22(23-26-27(24,25)14-6-4-2)18-12-13-21-19(16-18)15-17-9-7-8-10-20(17)21/h7-10,12-13,16H,3-6,11,14-15H2,1-2H3. The smallest absolute Gasteiger partial charge is 0.268 e. The molecule has 0 unspecified atom stereocenters. The quantitative estimate of drug-likeness (QED) is 0.371. The molecule has 0 N–H and O–H groups in total. The zero-order valence-corrected chi connectivity index (χ0v) is 16.9. The summed E-state index contributed by atoms with van der Waals surface area (Å²) < 4.78 is 29.0. The van der Waals surface area contributed by atoms with Crippen LogP contribution in [-0.2, 0) is 20.8 Å². The van der Waals surface area contributed by atoms with Gasteiger partial charge in [-0.1, -0.05) is 68.2 Å². The van der Waals surface area contributed by atoms with Crippen LogP contribution in [0.4, 0.5) is 0 Å². The van der Waals surface area contributed by atoms with E-state index in [4.69, 9.17) is 4.28 Å². The van der Waals surface area contributed by atoms with Gasteiger partial charge in [-0.25, -0.2) is 0 Å². The Labute approximate surface area is 162 Å². The third kappa shape index (κ3) is 4.78. The first-order chi connectivity index (χ1) is 13.0. The van der Waals surface area contributed by atoms with E-state index in [1.807, 2.05) is 13.0 Å². The Morgan fingerprint density at radius 2 is 1.74 bits per heavy atom. The molecule has 0 atom stereocenters. The Bertz CT molecular complexity index is 932. The van der Waals surface area contributed by atoms with E-state index in [0.29, 0.717) is 18.6 Å². The molecule has 144 valence electrons. The summed E-state index contributed by atoms with van der Waals surface area (Å²) in [4.78, 5) is 0. The summed E-state index contributed by atoms with van der Waals surface area (Å²) in [5.41, 5.74) is 6.77. The van der Waals surface area contributed by atoms with E-state index in [1.165, 1.54) is 22.3 Å². The number of rotatable bonds is 9. The lowest BCUT2D eigenvalue weighted by molar-refractivity contribution is 0.337. The first kappa shape index (κ1) is 19.6. The minimum Gasteiger partial charge on any atom is -0.268 e. The molecule has 0 aromatic heterocycles. The van der Waals surface area contributed by atoms with Gasteiger partial charge < -0.3 is 0 Å². The van der Waals surface area contributed by atoms with E-state index in [0.717, 1.165) is 31.2 Å². The van der Waals surface area contributed by atoms with E-state index < -0.39 is 10.1 Å². The van der Waals surface area contributed by atoms with Gasteiger partial charge in [0.15, 0.2) is 0 Å². The number of hydrogen-bond acceptors (Lipinski definition) is 4. The van der Waals surface area contributed by atoms with Gasteiger partial charge in [-0.05, 0) is 59.6 Å². The molecule has 27 heavy (non-hydrogen) atoms. The van der Waals surface area contributed by atoms with Gasteiger partial charge in [0.25, 0.3) is 0 Å². The molecule has 2 aromatic rings. The topological polar surface area (TPSA) is 55.7 Å². The molecule has 0 fully saturated rings. The minimum absolute atomic E-state index is 0.00750. The maximum atomic E-state index is 12.0. The van der Waals surface area contributed by atoms with E-state index in [-0.39, 0.29) is 5.75 Å². The minimum atomic E-state index is -3.61. The van der Waals surface area contributed by atoms with Crippen LogP contribution in [0.1, 0.15) is 62.6 Å². The summed E-state index contributed by atoms with van der Waals surface area (Å²) in [6, 6.07) is 14.7. The number of oxime groups is 1. The fourth-order valence-corrected chi connectivity index (χ4v) is 4.29. The predicted molar refractivity (Wildman–Crippen MR) is 111 cm³/mol. The average Bonchev–Trinajstić information content (AvgIpc) is 3.04. The Balaban J connectivity index is 1.86. The lowest BCUT2D eigenvalue weighted by atomic mass is 9.99. The van der Waals surface area contributed by atoms with Crippen LogP contribution >= 0.6 is 0 Å². The van der Waals surface area contributed by atoms with Crippen LogP contribution in [0.15, 0.2) is 47.6 Å². The van der Waals surface area contributed by atoms with Crippen LogP contribution in [0.2, 0.25) is 0 Å². The molecule has 0 bridgehead atoms. The number of fused-ring (bicyclic) bond motifs is 3. The van der Waals surface area contributed by atoms with Gasteiger partial charge >= 0.3 is 10.1 Å². The summed E-state index contributed by atoms with van der Waals surface area (Å²) in [5.74, 6) is 0.00750. The molecule has 0 heterocycles. The number of nitrogens with zero attached hydrogens (tertiary/aromatic N) is 1. The van der Waals surface area contributed by atoms with Gasteiger partial charge in [-0.15, -0.1) is 0 Å². The molecule has 5 heteroatoms. The summed E-state index contributed by atoms with van der Waals surface area (Å²) in [7, 11) is -3.61. The van der Waals surface area contributed by atoms with Crippen molar-refractivity contribution in [2.24, 2.45) is 5.16 Å². The summed E-state index contributed by atoms with van der Waals surface area (Å²) in [6.07, 6.45) is 4.94. The van der Waals surface area contributed by atoms with E-state index in [1.54, 1.807) is 0 Å². The van der Waals surface area contributed by atoms with Gasteiger partial charge in [0.05, 0.1) is 11.5 Å². The lowest BCUT2D eigenvalue weighted by Gasteiger charge is -2.09. The van der Waals surface area contributed by atoms with Gasteiger partial charge in [0.2, 0.25) is 0 Å². The Morgan fingerprint density at radius 1 is 1.00 bits per heavy atom. The van der Waals surface area contributed by atoms with Gasteiger partial charge in [0, 0.05) is 0 Å². The molecule has 0 radical (unpaired) electrons. The molecule has 2 aromatic carbocycles. The summed E-state index contributed by atoms with van der Waals surface area (Å²) in [5, 5.41) is 4.06. The summed E-state index contributed by atoms with van der Waals surface area (Å²) >= 11 is 0. The Kier molecular flexibility index (Phi) is 6.32. The van der Waals surface area contributed by atoms with E-state index in [2.05, 4.69) is 48.5 Å². The highest BCUT2D eigenvalue weighted by Crippen LogP contribution is 2.37. The van der Waals surface area contributed by atoms with Gasteiger partial charge in [-0.2, -0.15) is 8.42 Å². The lowest BCUT2D eigenvalue weighted by Crippen LogP contribution is -2.10. The summed E-state index contributed by atoms with van der Waals surface area (Å²) in [6.45, 7) is 4.06. The molecule has 4 nitrogen and oxygen atoms in total. The van der Waals surface area contributed by atoms with Crippen molar-refractivity contribution in [1.82, 2.24) is 0 Å². The SMILES string of the molecule is CCCCC(=NOS(=O)(=O)CCCC)c1ccc2c(c1)Cc1ccccc1-2. The molecular formula is C22H27NO3S. The number of hydrogen-bond donors (Lipinski definition) is 0. The zero-order valence-electron chi connectivity index (χ0n) is 16.1. The molecule has 0 saturated carbocycles. The molecule has 0 spiro atoms. The first-order valence-corrected chi connectivity index (χ1v) is 11.3. The highest BCUT2D eigenvalue weighted by atomic mass is 32.2. The Hall–Kier alpha value is -2.14. The van der Waals surface area contributed by atoms with Crippen molar-refractivity contribution in [1.29, 1.82) is 0 Å². The zero-order chi connectivity index (χ0) is 19.3. The van der Waals surface area contributed by atoms with Crippen molar-refractivity contribution in [3.8, 4) is 11.1 Å². The third-order valence-electron chi connectivity index (χ3n) is 4.90. The second kappa shape index (κ2) is 8.70. The van der Waals surface area contributed by atoms with Crippen LogP contribution in [0.5, 0.6) is 0 Å². The number of unbranched alkanes of at least 4 members (excludes halogenated alkanes) is 2. The number of benzene rings is 2. The molecule has 0 amide bonds. The second-order valence-corrected chi connectivity index (χ2v) is 8.71. The second-order valence-electron chi connectivity index (χ2n) is 7.04. The van der Waals surface area contributed by atoms with Crippen LogP contribution in [-0.4, -0.2) is 19.9 Å². The highest BCUT2D eigenvalue weighted by Gasteiger charge is 2.19. The predicted octanol–water partition coefficient (Wildman–Crippen LogP) is 5.30. The Morgan fingerprint density at radius 3 is 2.52 bits per heavy atom. The largest absolute Gasteiger partial charge is 0.328 e. The van der Waals surface area contributed by atoms with Crippen molar-refractivity contribution in [3.05, 3.63) is 59.2 Å². The average molecular weight is 386 g/mol. The van der Waals surface area contributed by atoms with Crippen molar-refractivity contribution >= 4 is 15.8 Å². The highest BCUT2D eigenvalue weighted by molar-refractivity contribution is 7.86. The maximum absolute atomic E-state index is 12.0. The maximum Gasteiger partial charge on any atom is 0.328 e. The first-order valence-electron chi connectivity index (χ1n) is 9.74. The monoisotopic (exact) mass is 385 g/mol. The molecule has 0 aliphatic heterocycles. The molecule has 1 aliphatic rings. The molecular weight excluding hydrogens is 358 g/mol. The molecule has 0 saturated heterocycles. The van der Waals surface area contributed by atoms with E-state index >= 15 is 0 Å². The van der Waals surface area contributed by atoms with Crippen molar-refractivity contribution in [2.45, 2.75) is 52.4 Å². The van der Waals surface area contributed by atoms with Crippen molar-refractivity contribution in [2.75, 3.05) is 5.75 Å². The van der Waals surface area contributed by atoms with E-state index in [9.17, 15) is 8.42 Å². The normalized spacial score (nSPS) is 13.3. The molecule has 3 rings (SSSR count). The third-order valence-corrected chi connectivity index (χ3v) is 5.99. The van der Waals surface area contributed by atoms with Crippen molar-refractivity contribution < 1.29 is 12.7 Å².